The number of hydrogen-bond donors (Lipinski definition) is 0. The van der Waals surface area contributed by atoms with Crippen LogP contribution >= 0.6 is 11.6 Å². The fraction of sp³-hybridized carbons (Fsp3) is 0.640. The summed E-state index contributed by atoms with van der Waals surface area (Å²) in [5, 5.41) is -0.134. The Labute approximate surface area is 232 Å². The van der Waals surface area contributed by atoms with Gasteiger partial charge in [0.2, 0.25) is 0 Å². The van der Waals surface area contributed by atoms with Gasteiger partial charge in [0.15, 0.2) is 11.0 Å². The number of anilines is 1. The van der Waals surface area contributed by atoms with Crippen LogP contribution in [0.5, 0.6) is 6.01 Å². The summed E-state index contributed by atoms with van der Waals surface area (Å²) in [7, 11) is 0. The van der Waals surface area contributed by atoms with E-state index in [1.807, 2.05) is 4.90 Å². The number of likely N-dealkylation sites (tertiary alicyclic amines) is 1. The molecular weight excluding hydrogens is 560 g/mol. The predicted octanol–water partition coefficient (Wildman–Crippen LogP) is 4.34. The smallest absolute Gasteiger partial charge is 0.461 e. The summed E-state index contributed by atoms with van der Waals surface area (Å²) in [6, 6.07) is -1.45. The quantitative estimate of drug-likeness (QED) is 0.384. The number of hydrogen-bond acceptors (Lipinski definition) is 8. The average Bonchev–Trinajstić information content (AvgIpc) is 3.44. The number of aromatic nitrogens is 3. The molecule has 3 aliphatic heterocycles. The first-order valence-corrected chi connectivity index (χ1v) is 13.4. The fourth-order valence-electron chi connectivity index (χ4n) is 5.60. The molecule has 0 unspecified atom stereocenters. The standard InChI is InChI=1S/C25H29ClF4N6O4/c1-24(2,3)40-23(38)36-13-6-7-14(36)11-34(10-13)20-16-9-31-19(26)17(27)18(16)32-22(33-20)39-12-15-5-4-8-35(15)21(37)25(28,29)30/h9,13-15H,4-8,10-12H2,1-3H3/t13-,14+,15-/m0/s1. The monoisotopic (exact) mass is 588 g/mol. The zero-order valence-corrected chi connectivity index (χ0v) is 22.9. The lowest BCUT2D eigenvalue weighted by molar-refractivity contribution is -0.186. The highest BCUT2D eigenvalue weighted by Gasteiger charge is 2.47. The van der Waals surface area contributed by atoms with Gasteiger partial charge in [-0.05, 0) is 46.5 Å². The van der Waals surface area contributed by atoms with Gasteiger partial charge in [-0.2, -0.15) is 23.1 Å². The molecule has 2 aromatic heterocycles. The Bertz CT molecular complexity index is 1310. The molecule has 0 spiro atoms. The summed E-state index contributed by atoms with van der Waals surface area (Å²) in [6.07, 6.45) is -1.86. The third-order valence-corrected chi connectivity index (χ3v) is 7.54. The van der Waals surface area contributed by atoms with E-state index < -0.39 is 40.8 Å². The Morgan fingerprint density at radius 3 is 2.40 bits per heavy atom. The van der Waals surface area contributed by atoms with E-state index in [0.717, 1.165) is 17.7 Å². The molecule has 3 aliphatic rings. The van der Waals surface area contributed by atoms with Crippen LogP contribution in [0.4, 0.5) is 28.2 Å². The van der Waals surface area contributed by atoms with Gasteiger partial charge in [-0.1, -0.05) is 11.6 Å². The van der Waals surface area contributed by atoms with Crippen molar-refractivity contribution in [2.45, 2.75) is 76.4 Å². The number of nitrogens with zero attached hydrogens (tertiary/aromatic N) is 6. The molecule has 3 saturated heterocycles. The molecular formula is C25H29ClF4N6O4. The molecule has 40 heavy (non-hydrogen) atoms. The zero-order valence-electron chi connectivity index (χ0n) is 22.2. The maximum atomic E-state index is 15.1. The average molecular weight is 589 g/mol. The molecule has 0 N–H and O–H groups in total. The molecule has 0 radical (unpaired) electrons. The largest absolute Gasteiger partial charge is 0.471 e. The second-order valence-electron chi connectivity index (χ2n) is 11.2. The number of rotatable bonds is 4. The molecule has 2 aromatic rings. The van der Waals surface area contributed by atoms with Crippen molar-refractivity contribution in [1.82, 2.24) is 24.8 Å². The van der Waals surface area contributed by atoms with E-state index in [4.69, 9.17) is 21.1 Å². The van der Waals surface area contributed by atoms with Crippen molar-refractivity contribution in [3.05, 3.63) is 17.2 Å². The minimum Gasteiger partial charge on any atom is -0.461 e. The number of piperazine rings is 1. The van der Waals surface area contributed by atoms with Gasteiger partial charge in [0.25, 0.3) is 0 Å². The van der Waals surface area contributed by atoms with E-state index in [1.165, 1.54) is 6.20 Å². The SMILES string of the molecule is CC(C)(C)OC(=O)N1[C@@H]2CC[C@H]1CN(c1nc(OC[C@@H]3CCCN3C(=O)C(F)(F)F)nc3c(F)c(Cl)ncc13)C2. The Morgan fingerprint density at radius 2 is 1.77 bits per heavy atom. The number of halogens is 5. The molecule has 0 saturated carbocycles. The summed E-state index contributed by atoms with van der Waals surface area (Å²) in [6.45, 7) is 5.81. The van der Waals surface area contributed by atoms with Crippen molar-refractivity contribution in [3.8, 4) is 6.01 Å². The van der Waals surface area contributed by atoms with Gasteiger partial charge in [0.1, 0.15) is 23.5 Å². The Morgan fingerprint density at radius 1 is 1.10 bits per heavy atom. The highest BCUT2D eigenvalue weighted by molar-refractivity contribution is 6.30. The van der Waals surface area contributed by atoms with E-state index in [2.05, 4.69) is 15.0 Å². The van der Waals surface area contributed by atoms with Gasteiger partial charge in [0, 0.05) is 25.8 Å². The zero-order chi connectivity index (χ0) is 29.0. The predicted molar refractivity (Wildman–Crippen MR) is 136 cm³/mol. The highest BCUT2D eigenvalue weighted by Crippen LogP contribution is 2.37. The number of ether oxygens (including phenoxy) is 2. The molecule has 218 valence electrons. The Kier molecular flexibility index (Phi) is 7.34. The van der Waals surface area contributed by atoms with Crippen molar-refractivity contribution in [3.63, 3.8) is 0 Å². The molecule has 3 atom stereocenters. The number of alkyl halides is 3. The van der Waals surface area contributed by atoms with Gasteiger partial charge in [-0.25, -0.2) is 14.2 Å². The summed E-state index contributed by atoms with van der Waals surface area (Å²) in [4.78, 5) is 41.6. The molecule has 2 amide bonds. The van der Waals surface area contributed by atoms with Crippen LogP contribution in [0.2, 0.25) is 5.15 Å². The highest BCUT2D eigenvalue weighted by atomic mass is 35.5. The second kappa shape index (κ2) is 10.3. The minimum atomic E-state index is -5.00. The van der Waals surface area contributed by atoms with Crippen LogP contribution in [0.1, 0.15) is 46.5 Å². The first-order chi connectivity index (χ1) is 18.7. The molecule has 3 fully saturated rings. The van der Waals surface area contributed by atoms with Gasteiger partial charge >= 0.3 is 24.2 Å². The van der Waals surface area contributed by atoms with Gasteiger partial charge in [0.05, 0.1) is 23.5 Å². The summed E-state index contributed by atoms with van der Waals surface area (Å²) in [5.41, 5.74) is -0.804. The number of carbonyl (C=O) groups excluding carboxylic acids is 2. The third kappa shape index (κ3) is 5.54. The number of pyridine rings is 1. The van der Waals surface area contributed by atoms with Crippen molar-refractivity contribution in [2.24, 2.45) is 0 Å². The molecule has 2 bridgehead atoms. The van der Waals surface area contributed by atoms with Gasteiger partial charge in [-0.15, -0.1) is 0 Å². The molecule has 0 aliphatic carbocycles. The maximum Gasteiger partial charge on any atom is 0.471 e. The fourth-order valence-corrected chi connectivity index (χ4v) is 5.74. The normalized spacial score (nSPS) is 23.2. The minimum absolute atomic E-state index is 0.0448. The Balaban J connectivity index is 1.41. The van der Waals surface area contributed by atoms with Crippen molar-refractivity contribution >= 4 is 40.3 Å². The van der Waals surface area contributed by atoms with Crippen molar-refractivity contribution < 1.29 is 36.6 Å². The van der Waals surface area contributed by atoms with E-state index >= 15 is 4.39 Å². The molecule has 0 aromatic carbocycles. The maximum absolute atomic E-state index is 15.1. The summed E-state index contributed by atoms with van der Waals surface area (Å²) >= 11 is 5.91. The van der Waals surface area contributed by atoms with Crippen LogP contribution in [0, 0.1) is 5.82 Å². The molecule has 10 nitrogen and oxygen atoms in total. The molecule has 15 heteroatoms. The second-order valence-corrected chi connectivity index (χ2v) is 11.6. The van der Waals surface area contributed by atoms with Crippen LogP contribution in [-0.4, -0.2) is 92.9 Å². The van der Waals surface area contributed by atoms with Crippen LogP contribution in [0.25, 0.3) is 10.9 Å². The van der Waals surface area contributed by atoms with Gasteiger partial charge < -0.3 is 19.3 Å². The lowest BCUT2D eigenvalue weighted by Gasteiger charge is -2.42. The van der Waals surface area contributed by atoms with Crippen molar-refractivity contribution in [2.75, 3.05) is 31.1 Å². The number of amides is 2. The first-order valence-electron chi connectivity index (χ1n) is 13.0. The summed E-state index contributed by atoms with van der Waals surface area (Å²) in [5.74, 6) is -2.52. The summed E-state index contributed by atoms with van der Waals surface area (Å²) < 4.78 is 65.4. The van der Waals surface area contributed by atoms with Gasteiger partial charge in [-0.3, -0.25) is 9.69 Å². The third-order valence-electron chi connectivity index (χ3n) is 7.27. The van der Waals surface area contributed by atoms with E-state index in [9.17, 15) is 22.8 Å². The Hall–Kier alpha value is -3.16. The number of carbonyl (C=O) groups is 2. The topological polar surface area (TPSA) is 101 Å². The van der Waals surface area contributed by atoms with E-state index in [1.54, 1.807) is 25.7 Å². The molecule has 5 heterocycles. The first kappa shape index (κ1) is 28.4. The lowest BCUT2D eigenvalue weighted by Crippen LogP contribution is -2.57. The molecule has 5 rings (SSSR count). The van der Waals surface area contributed by atoms with Crippen LogP contribution in [-0.2, 0) is 9.53 Å². The van der Waals surface area contributed by atoms with Crippen LogP contribution in [0.3, 0.4) is 0 Å². The van der Waals surface area contributed by atoms with Crippen molar-refractivity contribution in [1.29, 1.82) is 0 Å². The lowest BCUT2D eigenvalue weighted by atomic mass is 10.1. The van der Waals surface area contributed by atoms with E-state index in [0.29, 0.717) is 31.7 Å². The number of fused-ring (bicyclic) bond motifs is 3. The van der Waals surface area contributed by atoms with Crippen LogP contribution < -0.4 is 9.64 Å². The van der Waals surface area contributed by atoms with E-state index in [-0.39, 0.29) is 42.1 Å². The van der Waals surface area contributed by atoms with Crippen LogP contribution in [0.15, 0.2) is 6.20 Å².